The van der Waals surface area contributed by atoms with Crippen LogP contribution in [0.4, 0.5) is 20.6 Å². The molecule has 0 aliphatic carbocycles. The lowest BCUT2D eigenvalue weighted by atomic mass is 10.1. The first kappa shape index (κ1) is 17.3. The summed E-state index contributed by atoms with van der Waals surface area (Å²) >= 11 is 12.4. The molecule has 0 radical (unpaired) electrons. The van der Waals surface area contributed by atoms with E-state index in [2.05, 4.69) is 15.8 Å². The third-order valence-corrected chi connectivity index (χ3v) is 4.03. The normalized spacial score (nSPS) is 10.6. The number of nitrogens with one attached hydrogen (secondary N) is 2. The summed E-state index contributed by atoms with van der Waals surface area (Å²) in [6, 6.07) is 9.87. The van der Waals surface area contributed by atoms with Gasteiger partial charge in [0.1, 0.15) is 17.2 Å². The fourth-order valence-corrected chi connectivity index (χ4v) is 2.80. The van der Waals surface area contributed by atoms with Crippen molar-refractivity contribution in [2.75, 3.05) is 10.6 Å². The first-order chi connectivity index (χ1) is 12.0. The molecular weight excluding hydrogens is 368 g/mol. The Morgan fingerprint density at radius 1 is 1.08 bits per heavy atom. The molecule has 0 atom stereocenters. The van der Waals surface area contributed by atoms with E-state index in [4.69, 9.17) is 27.7 Å². The molecule has 1 heterocycles. The van der Waals surface area contributed by atoms with E-state index in [1.165, 1.54) is 24.3 Å². The average Bonchev–Trinajstić information content (AvgIpc) is 2.91. The van der Waals surface area contributed by atoms with E-state index in [1.807, 2.05) is 0 Å². The van der Waals surface area contributed by atoms with Gasteiger partial charge in [0.2, 0.25) is 0 Å². The minimum Gasteiger partial charge on any atom is -0.359 e. The van der Waals surface area contributed by atoms with Crippen LogP contribution in [-0.4, -0.2) is 11.2 Å². The predicted octanol–water partition coefficient (Wildman–Crippen LogP) is 5.74. The van der Waals surface area contributed by atoms with Gasteiger partial charge in [-0.25, -0.2) is 9.18 Å². The zero-order chi connectivity index (χ0) is 18.0. The molecule has 0 spiro atoms. The Balaban J connectivity index is 1.87. The van der Waals surface area contributed by atoms with E-state index < -0.39 is 11.8 Å². The van der Waals surface area contributed by atoms with E-state index in [9.17, 15) is 9.18 Å². The first-order valence-corrected chi connectivity index (χ1v) is 7.95. The summed E-state index contributed by atoms with van der Waals surface area (Å²) in [6.07, 6.45) is 0. The molecule has 3 rings (SSSR count). The van der Waals surface area contributed by atoms with Crippen molar-refractivity contribution in [2.45, 2.75) is 6.92 Å². The molecule has 1 aromatic heterocycles. The molecular formula is C17H12Cl2FN3O2. The van der Waals surface area contributed by atoms with Crippen LogP contribution in [0.5, 0.6) is 0 Å². The fraction of sp³-hybridized carbons (Fsp3) is 0.0588. The molecule has 0 unspecified atom stereocenters. The van der Waals surface area contributed by atoms with Gasteiger partial charge in [-0.05, 0) is 43.3 Å². The molecule has 0 bridgehead atoms. The van der Waals surface area contributed by atoms with Crippen molar-refractivity contribution in [1.82, 2.24) is 5.16 Å². The molecule has 8 heteroatoms. The van der Waals surface area contributed by atoms with Crippen molar-refractivity contribution >= 4 is 40.6 Å². The number of anilines is 2. The number of rotatable bonds is 3. The van der Waals surface area contributed by atoms with Crippen LogP contribution >= 0.6 is 23.2 Å². The van der Waals surface area contributed by atoms with Crippen molar-refractivity contribution in [3.63, 3.8) is 0 Å². The van der Waals surface area contributed by atoms with Crippen LogP contribution < -0.4 is 10.6 Å². The van der Waals surface area contributed by atoms with Gasteiger partial charge in [0.05, 0.1) is 10.0 Å². The van der Waals surface area contributed by atoms with Gasteiger partial charge in [-0.2, -0.15) is 0 Å². The van der Waals surface area contributed by atoms with Gasteiger partial charge in [-0.3, -0.25) is 0 Å². The molecule has 2 amide bonds. The number of urea groups is 1. The second-order valence-corrected chi connectivity index (χ2v) is 5.96. The van der Waals surface area contributed by atoms with Crippen LogP contribution in [0.15, 0.2) is 47.0 Å². The van der Waals surface area contributed by atoms with Crippen molar-refractivity contribution in [2.24, 2.45) is 0 Å². The highest BCUT2D eigenvalue weighted by molar-refractivity contribution is 6.39. The van der Waals surface area contributed by atoms with Gasteiger partial charge in [0, 0.05) is 11.3 Å². The highest BCUT2D eigenvalue weighted by Gasteiger charge is 2.21. The quantitative estimate of drug-likeness (QED) is 0.609. The van der Waals surface area contributed by atoms with E-state index in [-0.39, 0.29) is 0 Å². The second-order valence-electron chi connectivity index (χ2n) is 5.15. The Hall–Kier alpha value is -2.57. The van der Waals surface area contributed by atoms with Crippen LogP contribution in [0.1, 0.15) is 5.76 Å². The summed E-state index contributed by atoms with van der Waals surface area (Å²) in [5.74, 6) is -0.00303. The maximum atomic E-state index is 12.9. The molecule has 0 saturated heterocycles. The average molecular weight is 380 g/mol. The molecule has 2 N–H and O–H groups in total. The summed E-state index contributed by atoms with van der Waals surface area (Å²) in [7, 11) is 0. The van der Waals surface area contributed by atoms with Crippen molar-refractivity contribution in [3.8, 4) is 11.3 Å². The van der Waals surface area contributed by atoms with Crippen molar-refractivity contribution in [1.29, 1.82) is 0 Å². The van der Waals surface area contributed by atoms with Gasteiger partial charge in [-0.1, -0.05) is 34.4 Å². The van der Waals surface area contributed by atoms with E-state index in [0.29, 0.717) is 38.4 Å². The highest BCUT2D eigenvalue weighted by Crippen LogP contribution is 2.39. The maximum Gasteiger partial charge on any atom is 0.323 e. The summed E-state index contributed by atoms with van der Waals surface area (Å²) in [4.78, 5) is 12.2. The summed E-state index contributed by atoms with van der Waals surface area (Å²) in [6.45, 7) is 1.65. The van der Waals surface area contributed by atoms with Gasteiger partial charge < -0.3 is 15.2 Å². The maximum absolute atomic E-state index is 12.9. The number of aryl methyl sites for hydroxylation is 1. The molecule has 5 nitrogen and oxygen atoms in total. The molecule has 25 heavy (non-hydrogen) atoms. The van der Waals surface area contributed by atoms with Crippen LogP contribution in [0.2, 0.25) is 10.0 Å². The summed E-state index contributed by atoms with van der Waals surface area (Å²) in [5, 5.41) is 9.95. The fourth-order valence-electron chi connectivity index (χ4n) is 2.22. The smallest absolute Gasteiger partial charge is 0.323 e. The zero-order valence-electron chi connectivity index (χ0n) is 12.9. The Morgan fingerprint density at radius 2 is 1.72 bits per heavy atom. The third-order valence-electron chi connectivity index (χ3n) is 3.40. The molecule has 128 valence electrons. The van der Waals surface area contributed by atoms with Gasteiger partial charge in [0.25, 0.3) is 0 Å². The number of carbonyl (C=O) groups is 1. The standard InChI is InChI=1S/C17H12Cl2FN3O2/c1-9-15(22-17(24)21-11-7-5-10(20)6-8-11)16(23-25-9)14-12(18)3-2-4-13(14)19/h2-8H,1H3,(H2,21,22,24). The minimum atomic E-state index is -0.540. The first-order valence-electron chi connectivity index (χ1n) is 7.20. The molecule has 0 saturated carbocycles. The Bertz CT molecular complexity index is 906. The number of aromatic nitrogens is 1. The van der Waals surface area contributed by atoms with E-state index in [1.54, 1.807) is 25.1 Å². The monoisotopic (exact) mass is 379 g/mol. The van der Waals surface area contributed by atoms with E-state index >= 15 is 0 Å². The molecule has 3 aromatic rings. The number of carbonyl (C=O) groups excluding carboxylic acids is 1. The number of benzene rings is 2. The van der Waals surface area contributed by atoms with E-state index in [0.717, 1.165) is 0 Å². The topological polar surface area (TPSA) is 67.2 Å². The largest absolute Gasteiger partial charge is 0.359 e. The zero-order valence-corrected chi connectivity index (χ0v) is 14.5. The Labute approximate surface area is 152 Å². The van der Waals surface area contributed by atoms with Gasteiger partial charge in [0.15, 0.2) is 5.76 Å². The van der Waals surface area contributed by atoms with Crippen molar-refractivity contribution in [3.05, 3.63) is 64.1 Å². The van der Waals surface area contributed by atoms with Crippen LogP contribution in [0.3, 0.4) is 0 Å². The number of hydrogen-bond acceptors (Lipinski definition) is 3. The molecule has 0 aliphatic heterocycles. The lowest BCUT2D eigenvalue weighted by Gasteiger charge is -2.09. The SMILES string of the molecule is Cc1onc(-c2c(Cl)cccc2Cl)c1NC(=O)Nc1ccc(F)cc1. The summed E-state index contributed by atoms with van der Waals surface area (Å²) < 4.78 is 18.1. The predicted molar refractivity (Wildman–Crippen MR) is 95.7 cm³/mol. The second kappa shape index (κ2) is 7.13. The highest BCUT2D eigenvalue weighted by atomic mass is 35.5. The van der Waals surface area contributed by atoms with Gasteiger partial charge >= 0.3 is 6.03 Å². The minimum absolute atomic E-state index is 0.322. The third kappa shape index (κ3) is 3.75. The van der Waals surface area contributed by atoms with Crippen LogP contribution in [0, 0.1) is 12.7 Å². The molecule has 0 aliphatic rings. The lowest BCUT2D eigenvalue weighted by molar-refractivity contribution is 0.262. The van der Waals surface area contributed by atoms with Crippen LogP contribution in [-0.2, 0) is 0 Å². The number of hydrogen-bond donors (Lipinski definition) is 2. The number of halogens is 3. The number of nitrogens with zero attached hydrogens (tertiary/aromatic N) is 1. The summed E-state index contributed by atoms with van der Waals surface area (Å²) in [5.41, 5.74) is 1.56. The van der Waals surface area contributed by atoms with Gasteiger partial charge in [-0.15, -0.1) is 0 Å². The number of amides is 2. The Morgan fingerprint density at radius 3 is 2.36 bits per heavy atom. The molecule has 0 fully saturated rings. The van der Waals surface area contributed by atoms with Crippen LogP contribution in [0.25, 0.3) is 11.3 Å². The Kier molecular flexibility index (Phi) is 4.92. The lowest BCUT2D eigenvalue weighted by Crippen LogP contribution is -2.20. The molecule has 2 aromatic carbocycles. The van der Waals surface area contributed by atoms with Crippen molar-refractivity contribution < 1.29 is 13.7 Å².